The van der Waals surface area contributed by atoms with Crippen LogP contribution in [0.1, 0.15) is 56.7 Å². The minimum absolute atomic E-state index is 0.454. The summed E-state index contributed by atoms with van der Waals surface area (Å²) in [5.41, 5.74) is 3.57. The van der Waals surface area contributed by atoms with E-state index in [0.29, 0.717) is 5.75 Å². The monoisotopic (exact) mass is 368 g/mol. The topological polar surface area (TPSA) is 44.8 Å². The highest BCUT2D eigenvalue weighted by Crippen LogP contribution is 2.52. The first kappa shape index (κ1) is 19.8. The van der Waals surface area contributed by atoms with Gasteiger partial charge in [0.25, 0.3) is 0 Å². The number of phosphoric acid groups is 1. The van der Waals surface area contributed by atoms with Crippen LogP contribution in [0.3, 0.4) is 0 Å². The summed E-state index contributed by atoms with van der Waals surface area (Å²) in [5, 5.41) is 0. The third-order valence-electron chi connectivity index (χ3n) is 3.38. The molecule has 7 heteroatoms. The molecule has 0 saturated carbocycles. The van der Waals surface area contributed by atoms with E-state index in [0.717, 1.165) is 44.1 Å². The Morgan fingerprint density at radius 1 is 0.909 bits per heavy atom. The van der Waals surface area contributed by atoms with Crippen LogP contribution in [-0.2, 0) is 32.0 Å². The molecule has 0 aromatic heterocycles. The SMILES string of the molecule is CCCc1ccc(OP(=O)(OCl)OCl)c(CCC)c1CCC. The van der Waals surface area contributed by atoms with Crippen LogP contribution in [0.15, 0.2) is 12.1 Å². The molecule has 0 saturated heterocycles. The van der Waals surface area contributed by atoms with Crippen molar-refractivity contribution in [2.75, 3.05) is 0 Å². The quantitative estimate of drug-likeness (QED) is 0.450. The molecule has 0 radical (unpaired) electrons. The first-order valence-electron chi connectivity index (χ1n) is 7.59. The smallest absolute Gasteiger partial charge is 0.402 e. The third-order valence-corrected chi connectivity index (χ3v) is 5.16. The molecule has 0 spiro atoms. The molecular weight excluding hydrogens is 346 g/mol. The van der Waals surface area contributed by atoms with Gasteiger partial charge >= 0.3 is 7.82 Å². The van der Waals surface area contributed by atoms with Gasteiger partial charge in [-0.1, -0.05) is 46.1 Å². The van der Waals surface area contributed by atoms with Crippen LogP contribution < -0.4 is 4.52 Å². The van der Waals surface area contributed by atoms with Gasteiger partial charge in [-0.15, -0.1) is 0 Å². The second-order valence-electron chi connectivity index (χ2n) is 5.11. The van der Waals surface area contributed by atoms with Crippen molar-refractivity contribution in [3.8, 4) is 5.75 Å². The Morgan fingerprint density at radius 3 is 1.95 bits per heavy atom. The maximum absolute atomic E-state index is 12.0. The van der Waals surface area contributed by atoms with Gasteiger partial charge < -0.3 is 4.52 Å². The van der Waals surface area contributed by atoms with Crippen molar-refractivity contribution in [1.29, 1.82) is 0 Å². The van der Waals surface area contributed by atoms with Gasteiger partial charge in [-0.25, -0.2) is 4.57 Å². The van der Waals surface area contributed by atoms with Crippen molar-refractivity contribution in [3.05, 3.63) is 28.8 Å². The summed E-state index contributed by atoms with van der Waals surface area (Å²) < 4.78 is 25.9. The summed E-state index contributed by atoms with van der Waals surface area (Å²) in [6.07, 6.45) is 5.78. The van der Waals surface area contributed by atoms with Crippen LogP contribution in [0.2, 0.25) is 0 Å². The average molecular weight is 369 g/mol. The highest BCUT2D eigenvalue weighted by atomic mass is 35.5. The van der Waals surface area contributed by atoms with Crippen molar-refractivity contribution >= 4 is 31.6 Å². The summed E-state index contributed by atoms with van der Waals surface area (Å²) >= 11 is 10.3. The zero-order chi connectivity index (χ0) is 16.6. The van der Waals surface area contributed by atoms with Crippen molar-refractivity contribution in [1.82, 2.24) is 0 Å². The predicted octanol–water partition coefficient (Wildman–Crippen LogP) is 6.37. The largest absolute Gasteiger partial charge is 0.563 e. The third kappa shape index (κ3) is 5.14. The second-order valence-corrected chi connectivity index (χ2v) is 7.29. The first-order chi connectivity index (χ1) is 10.5. The van der Waals surface area contributed by atoms with E-state index in [4.69, 9.17) is 28.3 Å². The Labute approximate surface area is 143 Å². The Morgan fingerprint density at radius 2 is 1.45 bits per heavy atom. The van der Waals surface area contributed by atoms with Gasteiger partial charge in [0.1, 0.15) is 5.75 Å². The molecule has 0 fully saturated rings. The van der Waals surface area contributed by atoms with E-state index in [-0.39, 0.29) is 0 Å². The van der Waals surface area contributed by atoms with Crippen LogP contribution in [0.4, 0.5) is 0 Å². The lowest BCUT2D eigenvalue weighted by Gasteiger charge is -2.20. The van der Waals surface area contributed by atoms with Crippen LogP contribution in [0.5, 0.6) is 5.75 Å². The van der Waals surface area contributed by atoms with Crippen LogP contribution in [-0.4, -0.2) is 0 Å². The van der Waals surface area contributed by atoms with E-state index >= 15 is 0 Å². The van der Waals surface area contributed by atoms with E-state index in [2.05, 4.69) is 28.9 Å². The lowest BCUT2D eigenvalue weighted by Crippen LogP contribution is -2.05. The number of benzene rings is 1. The maximum atomic E-state index is 12.0. The molecule has 0 aliphatic rings. The molecule has 0 amide bonds. The number of hydrogen-bond donors (Lipinski definition) is 0. The predicted molar refractivity (Wildman–Crippen MR) is 90.5 cm³/mol. The summed E-state index contributed by atoms with van der Waals surface area (Å²) in [5.74, 6) is 0.454. The molecule has 1 aromatic rings. The van der Waals surface area contributed by atoms with Crippen molar-refractivity contribution in [2.24, 2.45) is 0 Å². The Bertz CT molecular complexity index is 515. The first-order valence-corrected chi connectivity index (χ1v) is 9.66. The van der Waals surface area contributed by atoms with Gasteiger partial charge in [-0.05, 0) is 42.0 Å². The number of rotatable bonds is 10. The molecule has 0 N–H and O–H groups in total. The van der Waals surface area contributed by atoms with Gasteiger partial charge in [0.05, 0.1) is 23.7 Å². The fourth-order valence-corrected chi connectivity index (χ4v) is 3.47. The number of halogens is 2. The van der Waals surface area contributed by atoms with Crippen LogP contribution in [0.25, 0.3) is 0 Å². The highest BCUT2D eigenvalue weighted by molar-refractivity contribution is 7.50. The molecule has 0 aliphatic carbocycles. The normalized spacial score (nSPS) is 11.7. The molecule has 126 valence electrons. The maximum Gasteiger partial charge on any atom is 0.563 e. The molecule has 0 unspecified atom stereocenters. The van der Waals surface area contributed by atoms with Gasteiger partial charge in [-0.3, -0.25) is 0 Å². The molecule has 0 bridgehead atoms. The minimum Gasteiger partial charge on any atom is -0.402 e. The van der Waals surface area contributed by atoms with Gasteiger partial charge in [-0.2, -0.15) is 8.15 Å². The summed E-state index contributed by atoms with van der Waals surface area (Å²) in [6, 6.07) is 3.78. The Hall–Kier alpha value is -0.250. The molecule has 4 nitrogen and oxygen atoms in total. The van der Waals surface area contributed by atoms with Crippen LogP contribution >= 0.6 is 31.6 Å². The molecular formula is C15H23Cl2O4P. The van der Waals surface area contributed by atoms with E-state index in [1.165, 1.54) is 11.1 Å². The molecule has 1 aromatic carbocycles. The standard InChI is InChI=1S/C15H23Cl2O4P/c1-4-7-12-10-11-15(19-22(18,20-16)21-17)14(9-6-3)13(12)8-5-2/h10-11H,4-9H2,1-3H3. The lowest BCUT2D eigenvalue weighted by atomic mass is 9.91. The van der Waals surface area contributed by atoms with Crippen LogP contribution in [0, 0.1) is 0 Å². The zero-order valence-electron chi connectivity index (χ0n) is 13.2. The summed E-state index contributed by atoms with van der Waals surface area (Å²) in [7, 11) is -3.99. The molecule has 0 atom stereocenters. The average Bonchev–Trinajstić information content (AvgIpc) is 2.53. The minimum atomic E-state index is -3.99. The summed E-state index contributed by atoms with van der Waals surface area (Å²) in [4.78, 5) is 0. The fourth-order valence-electron chi connectivity index (χ4n) is 2.55. The Kier molecular flexibility index (Phi) is 8.81. The summed E-state index contributed by atoms with van der Waals surface area (Å²) in [6.45, 7) is 6.37. The van der Waals surface area contributed by atoms with E-state index in [9.17, 15) is 4.57 Å². The lowest BCUT2D eigenvalue weighted by molar-refractivity contribution is 0.317. The fraction of sp³-hybridized carbons (Fsp3) is 0.600. The number of aryl methyl sites for hydroxylation is 1. The molecule has 22 heavy (non-hydrogen) atoms. The Balaban J connectivity index is 3.32. The van der Waals surface area contributed by atoms with Crippen molar-refractivity contribution in [2.45, 2.75) is 59.3 Å². The number of hydrogen-bond acceptors (Lipinski definition) is 4. The van der Waals surface area contributed by atoms with E-state index in [1.54, 1.807) is 6.07 Å². The van der Waals surface area contributed by atoms with Gasteiger partial charge in [0, 0.05) is 0 Å². The molecule has 0 heterocycles. The van der Waals surface area contributed by atoms with E-state index in [1.807, 2.05) is 6.07 Å². The van der Waals surface area contributed by atoms with E-state index < -0.39 is 7.82 Å². The second kappa shape index (κ2) is 9.79. The van der Waals surface area contributed by atoms with Crippen molar-refractivity contribution in [3.63, 3.8) is 0 Å². The highest BCUT2D eigenvalue weighted by Gasteiger charge is 2.30. The van der Waals surface area contributed by atoms with Crippen molar-refractivity contribution < 1.29 is 17.2 Å². The molecule has 1 rings (SSSR count). The van der Waals surface area contributed by atoms with Gasteiger partial charge in [0.2, 0.25) is 0 Å². The zero-order valence-corrected chi connectivity index (χ0v) is 15.6. The van der Waals surface area contributed by atoms with Gasteiger partial charge in [0.15, 0.2) is 0 Å². The molecule has 0 aliphatic heterocycles.